The van der Waals surface area contributed by atoms with Gasteiger partial charge in [0.25, 0.3) is 0 Å². The summed E-state index contributed by atoms with van der Waals surface area (Å²) in [4.78, 5) is 0. The van der Waals surface area contributed by atoms with Crippen LogP contribution < -0.4 is 5.73 Å². The van der Waals surface area contributed by atoms with Gasteiger partial charge in [-0.2, -0.15) is 0 Å². The Hall–Kier alpha value is -1.10. The van der Waals surface area contributed by atoms with Gasteiger partial charge in [-0.25, -0.2) is 0 Å². The Bertz CT molecular complexity index is 271. The van der Waals surface area contributed by atoms with E-state index in [1.807, 2.05) is 6.92 Å². The molecule has 1 heterocycles. The molecule has 0 bridgehead atoms. The summed E-state index contributed by atoms with van der Waals surface area (Å²) < 4.78 is 33.5. The van der Waals surface area contributed by atoms with E-state index in [0.717, 1.165) is 0 Å². The van der Waals surface area contributed by atoms with Crippen LogP contribution in [-0.4, -0.2) is 12.3 Å². The van der Waals surface area contributed by atoms with Crippen LogP contribution in [0.1, 0.15) is 6.92 Å². The molecule has 2 aliphatic rings. The molecule has 1 saturated heterocycles. The van der Waals surface area contributed by atoms with Crippen molar-refractivity contribution in [1.29, 1.82) is 0 Å². The summed E-state index contributed by atoms with van der Waals surface area (Å²) in [6.45, 7) is 1.82. The van der Waals surface area contributed by atoms with E-state index in [4.69, 9.17) is 5.73 Å². The second kappa shape index (κ2) is 2.45. The highest BCUT2D eigenvalue weighted by Gasteiger charge is 2.47. The van der Waals surface area contributed by atoms with Gasteiger partial charge < -0.3 is 15.2 Å². The summed E-state index contributed by atoms with van der Waals surface area (Å²) in [7, 11) is 0. The average molecular weight is 189 g/mol. The average Bonchev–Trinajstić information content (AvgIpc) is 2.24. The Kier molecular flexibility index (Phi) is 1.60. The van der Waals surface area contributed by atoms with Crippen LogP contribution in [0.25, 0.3) is 0 Å². The van der Waals surface area contributed by atoms with Gasteiger partial charge in [-0.1, -0.05) is 6.92 Å². The van der Waals surface area contributed by atoms with Crippen LogP contribution in [-0.2, 0) is 9.47 Å². The first-order valence-corrected chi connectivity index (χ1v) is 3.93. The largest absolute Gasteiger partial charge is 0.586 e. The topological polar surface area (TPSA) is 44.5 Å². The molecule has 3 nitrogen and oxygen atoms in total. The summed E-state index contributed by atoms with van der Waals surface area (Å²) in [5.41, 5.74) is 5.62. The maximum atomic E-state index is 12.5. The smallest absolute Gasteiger partial charge is 0.396 e. The van der Waals surface area contributed by atoms with Crippen LogP contribution >= 0.6 is 0 Å². The van der Waals surface area contributed by atoms with Crippen molar-refractivity contribution in [3.05, 3.63) is 23.7 Å². The molecular weight excluding hydrogens is 180 g/mol. The van der Waals surface area contributed by atoms with Crippen molar-refractivity contribution in [2.75, 3.05) is 0 Å². The van der Waals surface area contributed by atoms with Gasteiger partial charge in [-0.05, 0) is 18.1 Å². The first-order chi connectivity index (χ1) is 5.98. The Morgan fingerprint density at radius 2 is 1.85 bits per heavy atom. The highest BCUT2D eigenvalue weighted by atomic mass is 19.3. The molecule has 2 N–H and O–H groups in total. The fourth-order valence-corrected chi connectivity index (χ4v) is 1.29. The molecule has 1 aliphatic heterocycles. The van der Waals surface area contributed by atoms with Gasteiger partial charge in [0.05, 0.1) is 0 Å². The van der Waals surface area contributed by atoms with Crippen LogP contribution in [0.5, 0.6) is 0 Å². The summed E-state index contributed by atoms with van der Waals surface area (Å²) >= 11 is 0. The molecule has 1 aliphatic carbocycles. The highest BCUT2D eigenvalue weighted by Crippen LogP contribution is 2.39. The first-order valence-electron chi connectivity index (χ1n) is 3.93. The zero-order valence-corrected chi connectivity index (χ0v) is 6.96. The summed E-state index contributed by atoms with van der Waals surface area (Å²) in [5, 5.41) is 0. The van der Waals surface area contributed by atoms with E-state index in [2.05, 4.69) is 9.47 Å². The Balaban J connectivity index is 2.30. The zero-order chi connectivity index (χ0) is 9.64. The van der Waals surface area contributed by atoms with Crippen LogP contribution in [0.15, 0.2) is 23.7 Å². The molecule has 2 rings (SSSR count). The Labute approximate surface area is 73.8 Å². The van der Waals surface area contributed by atoms with Crippen LogP contribution in [0.2, 0.25) is 0 Å². The number of fused-ring (bicyclic) bond motifs is 1. The predicted octanol–water partition coefficient (Wildman–Crippen LogP) is 1.33. The number of hydrogen-bond acceptors (Lipinski definition) is 3. The SMILES string of the molecule is CC1C=C2OC(F)(F)OC2=CC1N. The van der Waals surface area contributed by atoms with E-state index >= 15 is 0 Å². The third kappa shape index (κ3) is 1.39. The number of nitrogens with two attached hydrogens (primary N) is 1. The Morgan fingerprint density at radius 3 is 2.46 bits per heavy atom. The summed E-state index contributed by atoms with van der Waals surface area (Å²) in [6, 6.07) is -0.295. The molecule has 72 valence electrons. The second-order valence-electron chi connectivity index (χ2n) is 3.17. The van der Waals surface area contributed by atoms with Crippen molar-refractivity contribution in [2.24, 2.45) is 11.7 Å². The van der Waals surface area contributed by atoms with E-state index in [-0.39, 0.29) is 23.5 Å². The Morgan fingerprint density at radius 1 is 1.31 bits per heavy atom. The van der Waals surface area contributed by atoms with Crippen molar-refractivity contribution in [3.63, 3.8) is 0 Å². The van der Waals surface area contributed by atoms with Gasteiger partial charge in [0, 0.05) is 6.04 Å². The number of rotatable bonds is 0. The van der Waals surface area contributed by atoms with Crippen LogP contribution in [0, 0.1) is 5.92 Å². The molecule has 5 heteroatoms. The lowest BCUT2D eigenvalue weighted by atomic mass is 9.96. The quantitative estimate of drug-likeness (QED) is 0.625. The molecule has 0 radical (unpaired) electrons. The normalized spacial score (nSPS) is 35.4. The monoisotopic (exact) mass is 189 g/mol. The summed E-state index contributed by atoms with van der Waals surface area (Å²) in [5.74, 6) is 0.103. The molecule has 2 atom stereocenters. The third-order valence-corrected chi connectivity index (χ3v) is 2.07. The molecule has 13 heavy (non-hydrogen) atoms. The number of hydrogen-bond donors (Lipinski definition) is 1. The molecule has 0 aromatic rings. The van der Waals surface area contributed by atoms with Crippen molar-refractivity contribution in [2.45, 2.75) is 19.3 Å². The maximum absolute atomic E-state index is 12.5. The third-order valence-electron chi connectivity index (χ3n) is 2.07. The van der Waals surface area contributed by atoms with E-state index in [1.165, 1.54) is 6.08 Å². The minimum atomic E-state index is -3.54. The standard InChI is InChI=1S/C8H9F2NO2/c1-4-2-6-7(3-5(4)11)13-8(9,10)12-6/h2-5H,11H2,1H3. The molecule has 0 spiro atoms. The van der Waals surface area contributed by atoms with Gasteiger partial charge in [-0.3, -0.25) is 0 Å². The van der Waals surface area contributed by atoms with Gasteiger partial charge in [0.15, 0.2) is 11.5 Å². The van der Waals surface area contributed by atoms with Gasteiger partial charge in [-0.15, -0.1) is 8.78 Å². The number of ether oxygens (including phenoxy) is 2. The lowest BCUT2D eigenvalue weighted by molar-refractivity contribution is -0.326. The van der Waals surface area contributed by atoms with Crippen molar-refractivity contribution >= 4 is 0 Å². The fraction of sp³-hybridized carbons (Fsp3) is 0.500. The lowest BCUT2D eigenvalue weighted by Crippen LogP contribution is -2.27. The van der Waals surface area contributed by atoms with Gasteiger partial charge in [0.1, 0.15) is 0 Å². The zero-order valence-electron chi connectivity index (χ0n) is 6.96. The van der Waals surface area contributed by atoms with Crippen molar-refractivity contribution in [1.82, 2.24) is 0 Å². The van der Waals surface area contributed by atoms with Crippen LogP contribution in [0.3, 0.4) is 0 Å². The minimum absolute atomic E-state index is 0.0174. The molecule has 2 unspecified atom stereocenters. The second-order valence-corrected chi connectivity index (χ2v) is 3.17. The van der Waals surface area contributed by atoms with E-state index in [1.54, 1.807) is 6.08 Å². The number of halogens is 2. The van der Waals surface area contributed by atoms with E-state index in [9.17, 15) is 8.78 Å². The van der Waals surface area contributed by atoms with Crippen molar-refractivity contribution < 1.29 is 18.3 Å². The van der Waals surface area contributed by atoms with Gasteiger partial charge in [0.2, 0.25) is 0 Å². The molecule has 0 aromatic carbocycles. The van der Waals surface area contributed by atoms with Crippen LogP contribution in [0.4, 0.5) is 8.78 Å². The molecule has 0 saturated carbocycles. The molecular formula is C8H9F2NO2. The van der Waals surface area contributed by atoms with E-state index < -0.39 is 6.29 Å². The van der Waals surface area contributed by atoms with E-state index in [0.29, 0.717) is 0 Å². The molecule has 0 aromatic heterocycles. The maximum Gasteiger partial charge on any atom is 0.586 e. The predicted molar refractivity (Wildman–Crippen MR) is 40.4 cm³/mol. The minimum Gasteiger partial charge on any atom is -0.396 e. The summed E-state index contributed by atoms with van der Waals surface area (Å²) in [6.07, 6.45) is -0.552. The number of alkyl halides is 2. The molecule has 1 fully saturated rings. The molecule has 0 amide bonds. The lowest BCUT2D eigenvalue weighted by Gasteiger charge is -2.16. The van der Waals surface area contributed by atoms with Gasteiger partial charge >= 0.3 is 6.29 Å². The fourth-order valence-electron chi connectivity index (χ4n) is 1.29. The first kappa shape index (κ1) is 8.50. The van der Waals surface area contributed by atoms with Crippen molar-refractivity contribution in [3.8, 4) is 0 Å². The highest BCUT2D eigenvalue weighted by molar-refractivity contribution is 5.30.